The molecule has 0 spiro atoms. The predicted molar refractivity (Wildman–Crippen MR) is 404 cm³/mol. The molecule has 0 aromatic heterocycles. The Kier molecular flexibility index (Phi) is 67.8. The van der Waals surface area contributed by atoms with Crippen LogP contribution in [0.25, 0.3) is 0 Å². The zero-order valence-corrected chi connectivity index (χ0v) is 66.9. The van der Waals surface area contributed by atoms with Crippen LogP contribution in [-0.4, -0.2) is 96.7 Å². The molecule has 588 valence electrons. The minimum atomic E-state index is -4.96. The summed E-state index contributed by atoms with van der Waals surface area (Å²) in [6.07, 6.45) is 55.5. The van der Waals surface area contributed by atoms with Crippen molar-refractivity contribution in [3.63, 3.8) is 0 Å². The minimum absolute atomic E-state index is 0.104. The van der Waals surface area contributed by atoms with Gasteiger partial charge in [-0.25, -0.2) is 9.13 Å². The molecular formula is C80H156O17P2. The fourth-order valence-corrected chi connectivity index (χ4v) is 13.8. The van der Waals surface area contributed by atoms with Crippen molar-refractivity contribution in [2.45, 2.75) is 427 Å². The van der Waals surface area contributed by atoms with Crippen molar-refractivity contribution < 1.29 is 80.2 Å². The van der Waals surface area contributed by atoms with Gasteiger partial charge < -0.3 is 33.8 Å². The number of aliphatic hydroxyl groups is 1. The summed E-state index contributed by atoms with van der Waals surface area (Å²) in [6, 6.07) is 0. The zero-order chi connectivity index (χ0) is 73.1. The SMILES string of the molecule is CCC(C)CCCCCCCCCCCCCCCCC(=O)OC[C@H](COP(=O)(O)OCC(O)COP(=O)(O)OC[C@@H](COC(=O)CCCCCCCCCC(C)C)OC(=O)CCCCCCCCCCC(C)CC)OC(=O)CCCCCCCCCCCCCCCCCCC(C)C. The van der Waals surface area contributed by atoms with E-state index in [2.05, 4.69) is 55.4 Å². The Balaban J connectivity index is 5.24. The summed E-state index contributed by atoms with van der Waals surface area (Å²) >= 11 is 0. The van der Waals surface area contributed by atoms with E-state index >= 15 is 0 Å². The molecule has 0 radical (unpaired) electrons. The van der Waals surface area contributed by atoms with Crippen molar-refractivity contribution in [1.82, 2.24) is 0 Å². The summed E-state index contributed by atoms with van der Waals surface area (Å²) in [4.78, 5) is 73.0. The van der Waals surface area contributed by atoms with E-state index < -0.39 is 97.5 Å². The molecular weight excluding hydrogens is 1290 g/mol. The third-order valence-electron chi connectivity index (χ3n) is 19.3. The Hall–Kier alpha value is -1.94. The molecule has 0 rings (SSSR count). The van der Waals surface area contributed by atoms with Crippen LogP contribution in [0.2, 0.25) is 0 Å². The Labute approximate surface area is 607 Å². The monoisotopic (exact) mass is 1450 g/mol. The summed E-state index contributed by atoms with van der Waals surface area (Å²) < 4.78 is 68.7. The molecule has 7 atom stereocenters. The van der Waals surface area contributed by atoms with Crippen LogP contribution >= 0.6 is 15.6 Å². The number of unbranched alkanes of at least 4 members (excludes halogenated alkanes) is 41. The highest BCUT2D eigenvalue weighted by molar-refractivity contribution is 7.47. The smallest absolute Gasteiger partial charge is 0.462 e. The molecule has 17 nitrogen and oxygen atoms in total. The van der Waals surface area contributed by atoms with Crippen LogP contribution in [0.5, 0.6) is 0 Å². The summed E-state index contributed by atoms with van der Waals surface area (Å²) in [6.45, 7) is 14.3. The fraction of sp³-hybridized carbons (Fsp3) is 0.950. The number of rotatable bonds is 77. The largest absolute Gasteiger partial charge is 0.472 e. The Morgan fingerprint density at radius 3 is 0.717 bits per heavy atom. The lowest BCUT2D eigenvalue weighted by atomic mass is 9.99. The number of carbonyl (C=O) groups is 4. The second-order valence-electron chi connectivity index (χ2n) is 30.2. The molecule has 0 heterocycles. The molecule has 0 bridgehead atoms. The van der Waals surface area contributed by atoms with Crippen molar-refractivity contribution in [2.24, 2.45) is 23.7 Å². The number of phosphoric acid groups is 2. The van der Waals surface area contributed by atoms with Gasteiger partial charge in [0.1, 0.15) is 19.3 Å². The van der Waals surface area contributed by atoms with Gasteiger partial charge in [-0.3, -0.25) is 37.3 Å². The molecule has 0 aliphatic rings. The second kappa shape index (κ2) is 69.1. The molecule has 0 amide bonds. The number of aliphatic hydroxyl groups excluding tert-OH is 1. The molecule has 0 fully saturated rings. The van der Waals surface area contributed by atoms with Crippen LogP contribution in [0.4, 0.5) is 0 Å². The van der Waals surface area contributed by atoms with Crippen molar-refractivity contribution in [3.05, 3.63) is 0 Å². The molecule has 0 aliphatic carbocycles. The first-order valence-electron chi connectivity index (χ1n) is 41.3. The quantitative estimate of drug-likeness (QED) is 0.0222. The van der Waals surface area contributed by atoms with Crippen LogP contribution in [0, 0.1) is 23.7 Å². The van der Waals surface area contributed by atoms with Gasteiger partial charge in [0.2, 0.25) is 0 Å². The van der Waals surface area contributed by atoms with Gasteiger partial charge in [-0.05, 0) is 49.4 Å². The van der Waals surface area contributed by atoms with Crippen LogP contribution in [0.15, 0.2) is 0 Å². The van der Waals surface area contributed by atoms with Gasteiger partial charge >= 0.3 is 39.5 Å². The molecule has 3 N–H and O–H groups in total. The van der Waals surface area contributed by atoms with Gasteiger partial charge in [0.05, 0.1) is 26.4 Å². The van der Waals surface area contributed by atoms with Gasteiger partial charge in [0, 0.05) is 25.7 Å². The van der Waals surface area contributed by atoms with Gasteiger partial charge in [-0.1, -0.05) is 357 Å². The number of ether oxygens (including phenoxy) is 4. The van der Waals surface area contributed by atoms with Gasteiger partial charge in [-0.2, -0.15) is 0 Å². The standard InChI is InChI=1S/C80H156O17P2/c1-9-72(7)58-50-42-34-26-22-18-15-16-19-23-27-36-44-52-60-77(82)90-66-75(96-79(84)62-54-46-37-28-24-20-14-12-11-13-17-21-25-32-40-48-56-70(3)4)68-94-98(86,87)92-64-74(81)65-93-99(88,89)95-69-76(67-91-78(83)61-53-45-39-31-33-41-49-57-71(5)6)97-80(85)63-55-47-38-30-29-35-43-51-59-73(8)10-2/h70-76,81H,9-69H2,1-8H3,(H,86,87)(H,88,89)/t72?,73?,74?,75-,76-/m1/s1. The Morgan fingerprint density at radius 1 is 0.283 bits per heavy atom. The fourth-order valence-electron chi connectivity index (χ4n) is 12.2. The third kappa shape index (κ3) is 71.5. The van der Waals surface area contributed by atoms with Gasteiger partial charge in [0.25, 0.3) is 0 Å². The molecule has 0 saturated carbocycles. The average molecular weight is 1450 g/mol. The van der Waals surface area contributed by atoms with E-state index in [1.165, 1.54) is 205 Å². The highest BCUT2D eigenvalue weighted by atomic mass is 31.2. The third-order valence-corrected chi connectivity index (χ3v) is 21.2. The second-order valence-corrected chi connectivity index (χ2v) is 33.1. The van der Waals surface area contributed by atoms with Crippen molar-refractivity contribution >= 4 is 39.5 Å². The molecule has 0 aromatic rings. The summed E-state index contributed by atoms with van der Waals surface area (Å²) in [7, 11) is -9.92. The average Bonchev–Trinajstić information content (AvgIpc) is 1.33. The highest BCUT2D eigenvalue weighted by Gasteiger charge is 2.30. The van der Waals surface area contributed by atoms with Crippen LogP contribution in [0.1, 0.15) is 409 Å². The lowest BCUT2D eigenvalue weighted by molar-refractivity contribution is -0.161. The van der Waals surface area contributed by atoms with Gasteiger partial charge in [0.15, 0.2) is 12.2 Å². The summed E-state index contributed by atoms with van der Waals surface area (Å²) in [5, 5.41) is 10.6. The first-order valence-corrected chi connectivity index (χ1v) is 44.3. The van der Waals surface area contributed by atoms with Crippen molar-refractivity contribution in [1.29, 1.82) is 0 Å². The molecule has 0 aliphatic heterocycles. The normalized spacial score (nSPS) is 14.6. The highest BCUT2D eigenvalue weighted by Crippen LogP contribution is 2.45. The molecule has 0 aromatic carbocycles. The number of carbonyl (C=O) groups excluding carboxylic acids is 4. The van der Waals surface area contributed by atoms with Crippen LogP contribution < -0.4 is 0 Å². The maximum absolute atomic E-state index is 13.1. The predicted octanol–water partition coefficient (Wildman–Crippen LogP) is 23.6. The molecule has 99 heavy (non-hydrogen) atoms. The van der Waals surface area contributed by atoms with Crippen LogP contribution in [-0.2, 0) is 65.4 Å². The van der Waals surface area contributed by atoms with Crippen molar-refractivity contribution in [2.75, 3.05) is 39.6 Å². The van der Waals surface area contributed by atoms with E-state index in [1.54, 1.807) is 0 Å². The summed E-state index contributed by atoms with van der Waals surface area (Å²) in [5.41, 5.74) is 0. The van der Waals surface area contributed by atoms with E-state index in [1.807, 2.05) is 0 Å². The maximum Gasteiger partial charge on any atom is 0.472 e. The lowest BCUT2D eigenvalue weighted by Crippen LogP contribution is -2.30. The maximum atomic E-state index is 13.1. The van der Waals surface area contributed by atoms with Crippen LogP contribution in [0.3, 0.4) is 0 Å². The number of phosphoric ester groups is 2. The number of hydrogen-bond acceptors (Lipinski definition) is 15. The van der Waals surface area contributed by atoms with Gasteiger partial charge in [-0.15, -0.1) is 0 Å². The van der Waals surface area contributed by atoms with Crippen molar-refractivity contribution in [3.8, 4) is 0 Å². The zero-order valence-electron chi connectivity index (χ0n) is 65.1. The lowest BCUT2D eigenvalue weighted by Gasteiger charge is -2.21. The van der Waals surface area contributed by atoms with E-state index in [0.717, 1.165) is 114 Å². The van der Waals surface area contributed by atoms with E-state index in [9.17, 15) is 43.2 Å². The molecule has 0 saturated heterocycles. The number of esters is 4. The Morgan fingerprint density at radius 2 is 0.485 bits per heavy atom. The summed E-state index contributed by atoms with van der Waals surface area (Å²) in [5.74, 6) is 1.02. The number of hydrogen-bond donors (Lipinski definition) is 3. The topological polar surface area (TPSA) is 237 Å². The Bertz CT molecular complexity index is 1940. The molecule has 19 heteroatoms. The first-order chi connectivity index (χ1) is 47.7. The van der Waals surface area contributed by atoms with E-state index in [4.69, 9.17) is 37.0 Å². The minimum Gasteiger partial charge on any atom is -0.462 e. The molecule has 5 unspecified atom stereocenters. The first kappa shape index (κ1) is 97.1. The van der Waals surface area contributed by atoms with E-state index in [-0.39, 0.29) is 25.7 Å². The van der Waals surface area contributed by atoms with E-state index in [0.29, 0.717) is 31.6 Å².